The van der Waals surface area contributed by atoms with Crippen LogP contribution in [0.4, 0.5) is 19.0 Å². The van der Waals surface area contributed by atoms with Crippen LogP contribution in [0.1, 0.15) is 19.4 Å². The van der Waals surface area contributed by atoms with Crippen molar-refractivity contribution < 1.29 is 13.2 Å². The van der Waals surface area contributed by atoms with Crippen LogP contribution in [0.15, 0.2) is 18.3 Å². The largest absolute Gasteiger partial charge is 0.419 e. The Morgan fingerprint density at radius 1 is 1.38 bits per heavy atom. The fourth-order valence-corrected chi connectivity index (χ4v) is 1.15. The van der Waals surface area contributed by atoms with Gasteiger partial charge in [-0.25, -0.2) is 4.98 Å². The van der Waals surface area contributed by atoms with Gasteiger partial charge in [0.1, 0.15) is 5.82 Å². The van der Waals surface area contributed by atoms with Crippen LogP contribution in [-0.2, 0) is 6.18 Å². The summed E-state index contributed by atoms with van der Waals surface area (Å²) in [4.78, 5) is 3.69. The third-order valence-corrected chi connectivity index (χ3v) is 2.57. The number of rotatable bonds is 3. The van der Waals surface area contributed by atoms with Gasteiger partial charge >= 0.3 is 6.18 Å². The predicted octanol–water partition coefficient (Wildman–Crippen LogP) is 3.53. The Hall–Kier alpha value is -0.970. The molecule has 0 radical (unpaired) electrons. The van der Waals surface area contributed by atoms with E-state index >= 15 is 0 Å². The highest BCUT2D eigenvalue weighted by Crippen LogP contribution is 2.34. The van der Waals surface area contributed by atoms with E-state index in [1.54, 1.807) is 13.8 Å². The van der Waals surface area contributed by atoms with Crippen LogP contribution in [-0.4, -0.2) is 16.4 Å². The number of pyridine rings is 1. The summed E-state index contributed by atoms with van der Waals surface area (Å²) in [6.45, 7) is 3.41. The topological polar surface area (TPSA) is 24.9 Å². The van der Waals surface area contributed by atoms with Crippen molar-refractivity contribution in [3.8, 4) is 0 Å². The Bertz CT molecular complexity index is 363. The standard InChI is InChI=1S/C10H12ClF3N2/c1-9(2,6-11)16-8-7(10(12,13)14)4-3-5-15-8/h3-5H,6H2,1-2H3,(H,15,16). The van der Waals surface area contributed by atoms with Crippen molar-refractivity contribution >= 4 is 17.4 Å². The van der Waals surface area contributed by atoms with Gasteiger partial charge in [-0.2, -0.15) is 13.2 Å². The second-order valence-corrected chi connectivity index (χ2v) is 4.31. The summed E-state index contributed by atoms with van der Waals surface area (Å²) in [6, 6.07) is 2.24. The Labute approximate surface area is 96.8 Å². The average molecular weight is 253 g/mol. The van der Waals surface area contributed by atoms with Crippen LogP contribution in [0, 0.1) is 0 Å². The van der Waals surface area contributed by atoms with E-state index in [4.69, 9.17) is 11.6 Å². The SMILES string of the molecule is CC(C)(CCl)Nc1ncccc1C(F)(F)F. The highest BCUT2D eigenvalue weighted by Gasteiger charge is 2.35. The molecule has 0 aromatic carbocycles. The van der Waals surface area contributed by atoms with Gasteiger partial charge in [0, 0.05) is 17.6 Å². The lowest BCUT2D eigenvalue weighted by Crippen LogP contribution is -2.34. The zero-order valence-corrected chi connectivity index (χ0v) is 9.65. The molecule has 1 aromatic rings. The number of nitrogens with one attached hydrogen (secondary N) is 1. The first-order valence-electron chi connectivity index (χ1n) is 4.62. The molecule has 1 aromatic heterocycles. The Balaban J connectivity index is 3.06. The number of nitrogens with zero attached hydrogens (tertiary/aromatic N) is 1. The molecule has 0 amide bonds. The third kappa shape index (κ3) is 3.27. The van der Waals surface area contributed by atoms with E-state index < -0.39 is 17.3 Å². The summed E-state index contributed by atoms with van der Waals surface area (Å²) >= 11 is 5.64. The highest BCUT2D eigenvalue weighted by atomic mass is 35.5. The summed E-state index contributed by atoms with van der Waals surface area (Å²) in [5, 5.41) is 2.68. The van der Waals surface area contributed by atoms with Crippen molar-refractivity contribution in [2.45, 2.75) is 25.6 Å². The quantitative estimate of drug-likeness (QED) is 0.833. The summed E-state index contributed by atoms with van der Waals surface area (Å²) in [6.07, 6.45) is -3.11. The molecule has 90 valence electrons. The normalized spacial score (nSPS) is 12.6. The smallest absolute Gasteiger partial charge is 0.363 e. The van der Waals surface area contributed by atoms with Crippen molar-refractivity contribution in [1.82, 2.24) is 4.98 Å². The van der Waals surface area contributed by atoms with E-state index in [-0.39, 0.29) is 11.7 Å². The van der Waals surface area contributed by atoms with Crippen molar-refractivity contribution in [2.24, 2.45) is 0 Å². The van der Waals surface area contributed by atoms with Crippen LogP contribution in [0.5, 0.6) is 0 Å². The molecule has 0 aliphatic rings. The van der Waals surface area contributed by atoms with Crippen molar-refractivity contribution in [1.29, 1.82) is 0 Å². The fraction of sp³-hybridized carbons (Fsp3) is 0.500. The predicted molar refractivity (Wildman–Crippen MR) is 57.7 cm³/mol. The van der Waals surface area contributed by atoms with Crippen LogP contribution >= 0.6 is 11.6 Å². The van der Waals surface area contributed by atoms with Gasteiger partial charge in [0.25, 0.3) is 0 Å². The first-order valence-corrected chi connectivity index (χ1v) is 5.16. The van der Waals surface area contributed by atoms with Crippen LogP contribution < -0.4 is 5.32 Å². The van der Waals surface area contributed by atoms with Crippen LogP contribution in [0.2, 0.25) is 0 Å². The second kappa shape index (κ2) is 4.49. The lowest BCUT2D eigenvalue weighted by molar-refractivity contribution is -0.137. The maximum Gasteiger partial charge on any atom is 0.419 e. The summed E-state index contributed by atoms with van der Waals surface area (Å²) in [5.41, 5.74) is -1.43. The summed E-state index contributed by atoms with van der Waals surface area (Å²) in [5.74, 6) is -0.0124. The maximum atomic E-state index is 12.6. The molecule has 0 saturated heterocycles. The number of aromatic nitrogens is 1. The molecule has 0 fully saturated rings. The maximum absolute atomic E-state index is 12.6. The molecule has 1 heterocycles. The van der Waals surface area contributed by atoms with Crippen LogP contribution in [0.3, 0.4) is 0 Å². The molecule has 0 aliphatic heterocycles. The third-order valence-electron chi connectivity index (χ3n) is 1.90. The first-order chi connectivity index (χ1) is 7.26. The fourth-order valence-electron chi connectivity index (χ4n) is 1.09. The molecule has 0 atom stereocenters. The molecule has 0 aliphatic carbocycles. The monoisotopic (exact) mass is 252 g/mol. The molecular formula is C10H12ClF3N2. The number of hydrogen-bond donors (Lipinski definition) is 1. The molecule has 16 heavy (non-hydrogen) atoms. The van der Waals surface area contributed by atoms with Gasteiger partial charge in [0.05, 0.1) is 5.56 Å². The van der Waals surface area contributed by atoms with Gasteiger partial charge < -0.3 is 5.32 Å². The van der Waals surface area contributed by atoms with E-state index in [0.29, 0.717) is 0 Å². The molecular weight excluding hydrogens is 241 g/mol. The van der Waals surface area contributed by atoms with Gasteiger partial charge in [-0.1, -0.05) is 0 Å². The molecule has 2 nitrogen and oxygen atoms in total. The summed E-state index contributed by atoms with van der Waals surface area (Å²) in [7, 11) is 0. The van der Waals surface area contributed by atoms with Crippen molar-refractivity contribution in [3.63, 3.8) is 0 Å². The molecule has 1 N–H and O–H groups in total. The minimum atomic E-state index is -4.42. The van der Waals surface area contributed by atoms with E-state index in [9.17, 15) is 13.2 Å². The number of hydrogen-bond acceptors (Lipinski definition) is 2. The second-order valence-electron chi connectivity index (χ2n) is 4.04. The molecule has 0 saturated carbocycles. The molecule has 0 bridgehead atoms. The average Bonchev–Trinajstić information content (AvgIpc) is 2.16. The van der Waals surface area contributed by atoms with E-state index in [1.807, 2.05) is 0 Å². The number of halogens is 4. The first kappa shape index (κ1) is 13.1. The van der Waals surface area contributed by atoms with Gasteiger partial charge in [-0.05, 0) is 26.0 Å². The van der Waals surface area contributed by atoms with Gasteiger partial charge in [0.15, 0.2) is 0 Å². The number of anilines is 1. The van der Waals surface area contributed by atoms with Gasteiger partial charge in [-0.3, -0.25) is 0 Å². The number of alkyl halides is 4. The highest BCUT2D eigenvalue weighted by molar-refractivity contribution is 6.18. The van der Waals surface area contributed by atoms with Crippen molar-refractivity contribution in [2.75, 3.05) is 11.2 Å². The molecule has 0 unspecified atom stereocenters. The summed E-state index contributed by atoms with van der Waals surface area (Å²) < 4.78 is 37.8. The Morgan fingerprint density at radius 3 is 2.50 bits per heavy atom. The lowest BCUT2D eigenvalue weighted by atomic mass is 10.1. The zero-order valence-electron chi connectivity index (χ0n) is 8.90. The van der Waals surface area contributed by atoms with Gasteiger partial charge in [-0.15, -0.1) is 11.6 Å². The van der Waals surface area contributed by atoms with Crippen molar-refractivity contribution in [3.05, 3.63) is 23.9 Å². The molecule has 1 rings (SSSR count). The minimum Gasteiger partial charge on any atom is -0.363 e. The minimum absolute atomic E-state index is 0.181. The van der Waals surface area contributed by atoms with E-state index in [2.05, 4.69) is 10.3 Å². The Morgan fingerprint density at radius 2 is 2.00 bits per heavy atom. The Kier molecular flexibility index (Phi) is 3.68. The zero-order chi connectivity index (χ0) is 12.4. The lowest BCUT2D eigenvalue weighted by Gasteiger charge is -2.25. The van der Waals surface area contributed by atoms with E-state index in [0.717, 1.165) is 6.07 Å². The van der Waals surface area contributed by atoms with Gasteiger partial charge in [0.2, 0.25) is 0 Å². The van der Waals surface area contributed by atoms with Crippen LogP contribution in [0.25, 0.3) is 0 Å². The van der Waals surface area contributed by atoms with E-state index in [1.165, 1.54) is 12.3 Å². The molecule has 6 heteroatoms. The molecule has 0 spiro atoms.